The van der Waals surface area contributed by atoms with Crippen LogP contribution in [-0.4, -0.2) is 35.8 Å². The van der Waals surface area contributed by atoms with E-state index in [0.717, 1.165) is 37.9 Å². The van der Waals surface area contributed by atoms with E-state index in [1.807, 2.05) is 43.0 Å². The number of piperidine rings is 1. The molecule has 2 amide bonds. The van der Waals surface area contributed by atoms with Gasteiger partial charge in [0.05, 0.1) is 6.42 Å². The Morgan fingerprint density at radius 3 is 2.64 bits per heavy atom. The van der Waals surface area contributed by atoms with E-state index in [4.69, 9.17) is 0 Å². The van der Waals surface area contributed by atoms with E-state index in [9.17, 15) is 9.59 Å². The number of aryl methyl sites for hydroxylation is 1. The average molecular weight is 302 g/mol. The van der Waals surface area contributed by atoms with Crippen LogP contribution in [0.15, 0.2) is 24.3 Å². The Morgan fingerprint density at radius 1 is 1.27 bits per heavy atom. The third kappa shape index (κ3) is 4.86. The van der Waals surface area contributed by atoms with Crippen molar-refractivity contribution in [2.75, 3.05) is 13.1 Å². The highest BCUT2D eigenvalue weighted by Crippen LogP contribution is 2.13. The molecule has 1 aliphatic rings. The Hall–Kier alpha value is -1.84. The minimum absolute atomic E-state index is 0.0731. The van der Waals surface area contributed by atoms with Crippen LogP contribution in [-0.2, 0) is 16.0 Å². The van der Waals surface area contributed by atoms with Crippen molar-refractivity contribution in [1.82, 2.24) is 10.2 Å². The molecular weight excluding hydrogens is 276 g/mol. The lowest BCUT2D eigenvalue weighted by Crippen LogP contribution is -2.46. The van der Waals surface area contributed by atoms with Crippen molar-refractivity contribution in [3.63, 3.8) is 0 Å². The van der Waals surface area contributed by atoms with Crippen LogP contribution in [0.1, 0.15) is 43.7 Å². The van der Waals surface area contributed by atoms with Crippen LogP contribution in [0.3, 0.4) is 0 Å². The van der Waals surface area contributed by atoms with Crippen molar-refractivity contribution in [3.8, 4) is 0 Å². The SMILES string of the molecule is CCCC(=O)N1CCC(NC(=O)Cc2cccc(C)c2)CC1. The van der Waals surface area contributed by atoms with E-state index in [1.165, 1.54) is 5.56 Å². The van der Waals surface area contributed by atoms with Crippen LogP contribution in [0.5, 0.6) is 0 Å². The summed E-state index contributed by atoms with van der Waals surface area (Å²) in [5.41, 5.74) is 2.22. The zero-order chi connectivity index (χ0) is 15.9. The van der Waals surface area contributed by atoms with Crippen molar-refractivity contribution in [2.45, 2.75) is 52.0 Å². The van der Waals surface area contributed by atoms with Crippen molar-refractivity contribution in [3.05, 3.63) is 35.4 Å². The van der Waals surface area contributed by atoms with Crippen LogP contribution in [0, 0.1) is 6.92 Å². The number of benzene rings is 1. The highest BCUT2D eigenvalue weighted by Gasteiger charge is 2.23. The fourth-order valence-electron chi connectivity index (χ4n) is 2.93. The predicted octanol–water partition coefficient (Wildman–Crippen LogP) is 2.44. The molecule has 1 fully saturated rings. The molecule has 1 aromatic rings. The molecule has 1 aliphatic heterocycles. The maximum atomic E-state index is 12.1. The quantitative estimate of drug-likeness (QED) is 0.908. The molecule has 0 bridgehead atoms. The largest absolute Gasteiger partial charge is 0.353 e. The first-order chi connectivity index (χ1) is 10.6. The van der Waals surface area contributed by atoms with Crippen molar-refractivity contribution < 1.29 is 9.59 Å². The number of likely N-dealkylation sites (tertiary alicyclic amines) is 1. The lowest BCUT2D eigenvalue weighted by molar-refractivity contribution is -0.132. The number of hydrogen-bond acceptors (Lipinski definition) is 2. The van der Waals surface area contributed by atoms with Gasteiger partial charge < -0.3 is 10.2 Å². The topological polar surface area (TPSA) is 49.4 Å². The van der Waals surface area contributed by atoms with E-state index in [0.29, 0.717) is 12.8 Å². The Morgan fingerprint density at radius 2 is 2.00 bits per heavy atom. The molecule has 1 N–H and O–H groups in total. The molecule has 0 aromatic heterocycles. The summed E-state index contributed by atoms with van der Waals surface area (Å²) in [5.74, 6) is 0.316. The van der Waals surface area contributed by atoms with Crippen LogP contribution in [0.25, 0.3) is 0 Å². The molecular formula is C18H26N2O2. The first-order valence-electron chi connectivity index (χ1n) is 8.21. The minimum Gasteiger partial charge on any atom is -0.353 e. The van der Waals surface area contributed by atoms with Gasteiger partial charge in [0.25, 0.3) is 0 Å². The second-order valence-corrected chi connectivity index (χ2v) is 6.14. The fourth-order valence-corrected chi connectivity index (χ4v) is 2.93. The maximum Gasteiger partial charge on any atom is 0.224 e. The van der Waals surface area contributed by atoms with Gasteiger partial charge in [0.2, 0.25) is 11.8 Å². The van der Waals surface area contributed by atoms with E-state index < -0.39 is 0 Å². The van der Waals surface area contributed by atoms with Crippen LogP contribution >= 0.6 is 0 Å². The molecule has 2 rings (SSSR count). The third-order valence-electron chi connectivity index (χ3n) is 4.12. The standard InChI is InChI=1S/C18H26N2O2/c1-3-5-18(22)20-10-8-16(9-11-20)19-17(21)13-15-7-4-6-14(2)12-15/h4,6-7,12,16H,3,5,8-11,13H2,1-2H3,(H,19,21). The molecule has 0 saturated carbocycles. The van der Waals surface area contributed by atoms with E-state index in [1.54, 1.807) is 0 Å². The molecule has 0 aliphatic carbocycles. The molecule has 22 heavy (non-hydrogen) atoms. The second kappa shape index (κ2) is 7.97. The lowest BCUT2D eigenvalue weighted by atomic mass is 10.0. The molecule has 0 radical (unpaired) electrons. The predicted molar refractivity (Wildman–Crippen MR) is 87.5 cm³/mol. The summed E-state index contributed by atoms with van der Waals surface area (Å²) in [6, 6.07) is 8.24. The summed E-state index contributed by atoms with van der Waals surface area (Å²) in [4.78, 5) is 25.9. The summed E-state index contributed by atoms with van der Waals surface area (Å²) in [6.45, 7) is 5.57. The van der Waals surface area contributed by atoms with Crippen LogP contribution < -0.4 is 5.32 Å². The molecule has 0 unspecified atom stereocenters. The van der Waals surface area contributed by atoms with Gasteiger partial charge in [0.15, 0.2) is 0 Å². The van der Waals surface area contributed by atoms with Crippen molar-refractivity contribution >= 4 is 11.8 Å². The molecule has 0 atom stereocenters. The van der Waals surface area contributed by atoms with Gasteiger partial charge in [-0.2, -0.15) is 0 Å². The van der Waals surface area contributed by atoms with Gasteiger partial charge in [0, 0.05) is 25.6 Å². The van der Waals surface area contributed by atoms with Gasteiger partial charge in [-0.25, -0.2) is 0 Å². The molecule has 4 heteroatoms. The maximum absolute atomic E-state index is 12.1. The number of carbonyl (C=O) groups is 2. The lowest BCUT2D eigenvalue weighted by Gasteiger charge is -2.32. The first kappa shape index (κ1) is 16.5. The van der Waals surface area contributed by atoms with Gasteiger partial charge in [0.1, 0.15) is 0 Å². The number of hydrogen-bond donors (Lipinski definition) is 1. The van der Waals surface area contributed by atoms with Gasteiger partial charge >= 0.3 is 0 Å². The van der Waals surface area contributed by atoms with Gasteiger partial charge in [-0.1, -0.05) is 36.8 Å². The van der Waals surface area contributed by atoms with E-state index in [2.05, 4.69) is 5.32 Å². The molecule has 120 valence electrons. The zero-order valence-electron chi connectivity index (χ0n) is 13.6. The van der Waals surface area contributed by atoms with E-state index in [-0.39, 0.29) is 17.9 Å². The Labute approximate surface area is 132 Å². The van der Waals surface area contributed by atoms with Crippen molar-refractivity contribution in [2.24, 2.45) is 0 Å². The molecule has 4 nitrogen and oxygen atoms in total. The minimum atomic E-state index is 0.0731. The van der Waals surface area contributed by atoms with Gasteiger partial charge in [-0.05, 0) is 31.7 Å². The Bertz CT molecular complexity index is 520. The molecule has 1 aromatic carbocycles. The summed E-state index contributed by atoms with van der Waals surface area (Å²) in [5, 5.41) is 3.10. The normalized spacial score (nSPS) is 15.6. The number of nitrogens with one attached hydrogen (secondary N) is 1. The fraction of sp³-hybridized carbons (Fsp3) is 0.556. The van der Waals surface area contributed by atoms with Gasteiger partial charge in [-0.3, -0.25) is 9.59 Å². The number of rotatable bonds is 5. The number of amides is 2. The highest BCUT2D eigenvalue weighted by molar-refractivity contribution is 5.79. The number of nitrogens with zero attached hydrogens (tertiary/aromatic N) is 1. The summed E-state index contributed by atoms with van der Waals surface area (Å²) in [7, 11) is 0. The van der Waals surface area contributed by atoms with Crippen LogP contribution in [0.4, 0.5) is 0 Å². The van der Waals surface area contributed by atoms with E-state index >= 15 is 0 Å². The van der Waals surface area contributed by atoms with Gasteiger partial charge in [-0.15, -0.1) is 0 Å². The first-order valence-corrected chi connectivity index (χ1v) is 8.21. The summed E-state index contributed by atoms with van der Waals surface area (Å²) >= 11 is 0. The second-order valence-electron chi connectivity index (χ2n) is 6.14. The third-order valence-corrected chi connectivity index (χ3v) is 4.12. The highest BCUT2D eigenvalue weighted by atomic mass is 16.2. The molecule has 1 heterocycles. The summed E-state index contributed by atoms with van der Waals surface area (Å²) < 4.78 is 0. The Balaban J connectivity index is 1.76. The monoisotopic (exact) mass is 302 g/mol. The Kier molecular flexibility index (Phi) is 5.99. The summed E-state index contributed by atoms with van der Waals surface area (Å²) in [6.07, 6.45) is 3.66. The van der Waals surface area contributed by atoms with Crippen molar-refractivity contribution in [1.29, 1.82) is 0 Å². The molecule has 1 saturated heterocycles. The van der Waals surface area contributed by atoms with Crippen LogP contribution in [0.2, 0.25) is 0 Å². The zero-order valence-corrected chi connectivity index (χ0v) is 13.6. The number of carbonyl (C=O) groups excluding carboxylic acids is 2. The molecule has 0 spiro atoms. The average Bonchev–Trinajstić information content (AvgIpc) is 2.48. The smallest absolute Gasteiger partial charge is 0.224 e.